The molecule has 6 nitrogen and oxygen atoms in total. The highest BCUT2D eigenvalue weighted by molar-refractivity contribution is 6.35. The molecule has 4 rings (SSSR count). The van der Waals surface area contributed by atoms with Gasteiger partial charge in [0, 0.05) is 30.6 Å². The Bertz CT molecular complexity index is 1070. The minimum atomic E-state index is -0.468. The number of halogens is 1. The van der Waals surface area contributed by atoms with Gasteiger partial charge in [-0.15, -0.1) is 0 Å². The summed E-state index contributed by atoms with van der Waals surface area (Å²) in [6.07, 6.45) is 6.25. The predicted molar refractivity (Wildman–Crippen MR) is 129 cm³/mol. The van der Waals surface area contributed by atoms with E-state index in [0.717, 1.165) is 42.1 Å². The van der Waals surface area contributed by atoms with Crippen molar-refractivity contribution in [1.82, 2.24) is 10.3 Å². The van der Waals surface area contributed by atoms with Gasteiger partial charge in [0.25, 0.3) is 0 Å². The molecule has 1 heterocycles. The van der Waals surface area contributed by atoms with Crippen LogP contribution in [0.25, 0.3) is 10.9 Å². The second kappa shape index (κ2) is 11.3. The summed E-state index contributed by atoms with van der Waals surface area (Å²) in [7, 11) is 1.58. The van der Waals surface area contributed by atoms with E-state index in [-0.39, 0.29) is 12.1 Å². The van der Waals surface area contributed by atoms with Gasteiger partial charge in [0.2, 0.25) is 0 Å². The summed E-state index contributed by atoms with van der Waals surface area (Å²) in [6, 6.07) is 14.9. The Balaban J connectivity index is 1.42. The number of fused-ring (bicyclic) bond motifs is 1. The Kier molecular flexibility index (Phi) is 8.02. The molecule has 1 unspecified atom stereocenters. The number of carbonyl (C=O) groups is 1. The molecule has 1 aliphatic rings. The summed E-state index contributed by atoms with van der Waals surface area (Å²) in [5.41, 5.74) is 1.83. The molecule has 1 N–H and O–H groups in total. The van der Waals surface area contributed by atoms with Crippen LogP contribution in [0.3, 0.4) is 0 Å². The Morgan fingerprint density at radius 2 is 1.94 bits per heavy atom. The molecule has 1 aliphatic carbocycles. The van der Waals surface area contributed by atoms with Crippen molar-refractivity contribution < 1.29 is 19.0 Å². The lowest BCUT2D eigenvalue weighted by Gasteiger charge is -2.21. The number of carbonyl (C=O) groups excluding carboxylic acids is 1. The number of methoxy groups -OCH3 is 1. The van der Waals surface area contributed by atoms with Gasteiger partial charge in [-0.1, -0.05) is 41.9 Å². The lowest BCUT2D eigenvalue weighted by molar-refractivity contribution is -0.151. The van der Waals surface area contributed by atoms with Crippen LogP contribution in [-0.2, 0) is 16.1 Å². The Hall–Kier alpha value is -2.83. The lowest BCUT2D eigenvalue weighted by atomic mass is 10.1. The van der Waals surface area contributed by atoms with Crippen LogP contribution in [0.1, 0.15) is 37.7 Å². The third kappa shape index (κ3) is 6.15. The number of esters is 1. The Morgan fingerprint density at radius 3 is 2.70 bits per heavy atom. The fourth-order valence-corrected chi connectivity index (χ4v) is 4.28. The predicted octanol–water partition coefficient (Wildman–Crippen LogP) is 5.31. The number of hydrogen-bond acceptors (Lipinski definition) is 6. The highest BCUT2D eigenvalue weighted by Crippen LogP contribution is 2.34. The standard InChI is InChI=1S/C26H29ClN2O4/c1-31-24-15-20-21(27)11-13-28-23(20)16-25(24)32-14-12-22(26(30)33-19-9-5-6-10-19)29-17-18-7-3-2-4-8-18/h2-4,7-8,11,13,15-16,19,22,29H,5-6,9-10,12,14,17H2,1H3. The second-order valence-electron chi connectivity index (χ2n) is 8.21. The largest absolute Gasteiger partial charge is 0.493 e. The second-order valence-corrected chi connectivity index (χ2v) is 8.62. The minimum Gasteiger partial charge on any atom is -0.493 e. The minimum absolute atomic E-state index is 0.0239. The van der Waals surface area contributed by atoms with Crippen molar-refractivity contribution in [2.45, 2.75) is 50.8 Å². The molecule has 1 saturated carbocycles. The van der Waals surface area contributed by atoms with Crippen molar-refractivity contribution in [1.29, 1.82) is 0 Å². The summed E-state index contributed by atoms with van der Waals surface area (Å²) in [4.78, 5) is 17.3. The molecule has 33 heavy (non-hydrogen) atoms. The van der Waals surface area contributed by atoms with Gasteiger partial charge < -0.3 is 19.5 Å². The molecule has 0 aliphatic heterocycles. The number of rotatable bonds is 10. The molecule has 0 amide bonds. The highest BCUT2D eigenvalue weighted by Gasteiger charge is 2.25. The molecule has 1 aromatic heterocycles. The van der Waals surface area contributed by atoms with E-state index in [0.29, 0.717) is 36.1 Å². The third-order valence-corrected chi connectivity index (χ3v) is 6.23. The molecule has 0 saturated heterocycles. The lowest BCUT2D eigenvalue weighted by Crippen LogP contribution is -2.40. The van der Waals surface area contributed by atoms with Crippen LogP contribution in [0.4, 0.5) is 0 Å². The van der Waals surface area contributed by atoms with E-state index in [2.05, 4.69) is 10.3 Å². The van der Waals surface area contributed by atoms with Gasteiger partial charge in [-0.3, -0.25) is 9.78 Å². The SMILES string of the molecule is COc1cc2c(Cl)ccnc2cc1OCCC(NCc1ccccc1)C(=O)OC1CCCC1. The highest BCUT2D eigenvalue weighted by atomic mass is 35.5. The quantitative estimate of drug-likeness (QED) is 0.406. The van der Waals surface area contributed by atoms with Crippen LogP contribution in [0.15, 0.2) is 54.7 Å². The van der Waals surface area contributed by atoms with Gasteiger partial charge in [0.1, 0.15) is 12.1 Å². The van der Waals surface area contributed by atoms with E-state index < -0.39 is 6.04 Å². The van der Waals surface area contributed by atoms with Gasteiger partial charge in [-0.05, 0) is 43.4 Å². The van der Waals surface area contributed by atoms with Crippen LogP contribution < -0.4 is 14.8 Å². The summed E-state index contributed by atoms with van der Waals surface area (Å²) in [5.74, 6) is 0.908. The van der Waals surface area contributed by atoms with E-state index in [1.54, 1.807) is 19.4 Å². The zero-order chi connectivity index (χ0) is 23.0. The fourth-order valence-electron chi connectivity index (χ4n) is 4.07. The van der Waals surface area contributed by atoms with Crippen LogP contribution in [0.5, 0.6) is 11.5 Å². The van der Waals surface area contributed by atoms with E-state index in [4.69, 9.17) is 25.8 Å². The van der Waals surface area contributed by atoms with E-state index >= 15 is 0 Å². The molecular formula is C26H29ClN2O4. The first kappa shape index (κ1) is 23.3. The molecule has 1 fully saturated rings. The van der Waals surface area contributed by atoms with Crippen LogP contribution in [0.2, 0.25) is 5.02 Å². The van der Waals surface area contributed by atoms with Crippen LogP contribution >= 0.6 is 11.6 Å². The third-order valence-electron chi connectivity index (χ3n) is 5.90. The zero-order valence-electron chi connectivity index (χ0n) is 18.8. The maximum absolute atomic E-state index is 12.9. The van der Waals surface area contributed by atoms with Crippen molar-refractivity contribution in [3.8, 4) is 11.5 Å². The van der Waals surface area contributed by atoms with E-state index in [9.17, 15) is 4.79 Å². The monoisotopic (exact) mass is 468 g/mol. The molecule has 3 aromatic rings. The van der Waals surface area contributed by atoms with Crippen molar-refractivity contribution >= 4 is 28.5 Å². The van der Waals surface area contributed by atoms with E-state index in [1.807, 2.05) is 42.5 Å². The number of pyridine rings is 1. The van der Waals surface area contributed by atoms with Gasteiger partial charge in [0.15, 0.2) is 11.5 Å². The van der Waals surface area contributed by atoms with Gasteiger partial charge in [-0.25, -0.2) is 0 Å². The van der Waals surface area contributed by atoms with Crippen LogP contribution in [0, 0.1) is 0 Å². The summed E-state index contributed by atoms with van der Waals surface area (Å²) < 4.78 is 17.3. The van der Waals surface area contributed by atoms with E-state index in [1.165, 1.54) is 0 Å². The smallest absolute Gasteiger partial charge is 0.323 e. The Morgan fingerprint density at radius 1 is 1.15 bits per heavy atom. The van der Waals surface area contributed by atoms with Crippen LogP contribution in [-0.4, -0.2) is 36.8 Å². The Labute approximate surface area is 199 Å². The fraction of sp³-hybridized carbons (Fsp3) is 0.385. The van der Waals surface area contributed by atoms with Gasteiger partial charge >= 0.3 is 5.97 Å². The molecule has 2 aromatic carbocycles. The topological polar surface area (TPSA) is 69.7 Å². The summed E-state index contributed by atoms with van der Waals surface area (Å²) in [5, 5.41) is 4.74. The van der Waals surface area contributed by atoms with Crippen molar-refractivity contribution in [2.75, 3.05) is 13.7 Å². The molecular weight excluding hydrogens is 440 g/mol. The zero-order valence-corrected chi connectivity index (χ0v) is 19.5. The molecule has 1 atom stereocenters. The molecule has 0 spiro atoms. The number of benzene rings is 2. The number of nitrogens with one attached hydrogen (secondary N) is 1. The average molecular weight is 469 g/mol. The summed E-state index contributed by atoms with van der Waals surface area (Å²) in [6.45, 7) is 0.891. The molecule has 7 heteroatoms. The maximum Gasteiger partial charge on any atom is 0.323 e. The molecule has 174 valence electrons. The first-order valence-corrected chi connectivity index (χ1v) is 11.7. The number of aromatic nitrogens is 1. The van der Waals surface area contributed by atoms with Crippen molar-refractivity contribution in [3.63, 3.8) is 0 Å². The van der Waals surface area contributed by atoms with Gasteiger partial charge in [-0.2, -0.15) is 0 Å². The number of hydrogen-bond donors (Lipinski definition) is 1. The molecule has 0 bridgehead atoms. The normalized spacial score (nSPS) is 14.8. The summed E-state index contributed by atoms with van der Waals surface area (Å²) >= 11 is 6.28. The van der Waals surface area contributed by atoms with Crippen molar-refractivity contribution in [2.24, 2.45) is 0 Å². The van der Waals surface area contributed by atoms with Gasteiger partial charge in [0.05, 0.1) is 24.3 Å². The first-order valence-electron chi connectivity index (χ1n) is 11.4. The average Bonchev–Trinajstić information content (AvgIpc) is 3.34. The van der Waals surface area contributed by atoms with Crippen molar-refractivity contribution in [3.05, 3.63) is 65.3 Å². The number of ether oxygens (including phenoxy) is 3. The maximum atomic E-state index is 12.9. The molecule has 0 radical (unpaired) electrons. The first-order chi connectivity index (χ1) is 16.1. The number of nitrogens with zero attached hydrogens (tertiary/aromatic N) is 1.